The fourth-order valence-electron chi connectivity index (χ4n) is 0.970. The third kappa shape index (κ3) is 3.72. The van der Waals surface area contributed by atoms with Gasteiger partial charge in [0.05, 0.1) is 0 Å². The number of hydrogen-bond donors (Lipinski definition) is 0. The maximum atomic E-state index is 3.85. The van der Waals surface area contributed by atoms with Crippen molar-refractivity contribution in [1.29, 1.82) is 0 Å². The molecule has 0 atom stereocenters. The van der Waals surface area contributed by atoms with Crippen LogP contribution >= 0.6 is 27.7 Å². The summed E-state index contributed by atoms with van der Waals surface area (Å²) < 4.78 is 1.11. The molecule has 0 aliphatic rings. The van der Waals surface area contributed by atoms with Crippen molar-refractivity contribution in [3.63, 3.8) is 0 Å². The molecule has 0 fully saturated rings. The molecule has 1 aromatic carbocycles. The Morgan fingerprint density at radius 1 is 1.29 bits per heavy atom. The average Bonchev–Trinajstić information content (AvgIpc) is 2.15. The predicted molar refractivity (Wildman–Crippen MR) is 70.2 cm³/mol. The lowest BCUT2D eigenvalue weighted by Crippen LogP contribution is -1.77. The molecule has 0 unspecified atom stereocenters. The van der Waals surface area contributed by atoms with E-state index in [0.29, 0.717) is 0 Å². The second kappa shape index (κ2) is 5.42. The van der Waals surface area contributed by atoms with Gasteiger partial charge in [0.1, 0.15) is 0 Å². The first-order valence-electron chi connectivity index (χ1n) is 4.34. The van der Waals surface area contributed by atoms with E-state index in [-0.39, 0.29) is 0 Å². The highest BCUT2D eigenvalue weighted by Crippen LogP contribution is 2.23. The van der Waals surface area contributed by atoms with E-state index in [1.165, 1.54) is 11.1 Å². The Morgan fingerprint density at radius 2 is 1.86 bits per heavy atom. The van der Waals surface area contributed by atoms with Gasteiger partial charge in [-0.05, 0) is 47.4 Å². The van der Waals surface area contributed by atoms with Crippen LogP contribution in [-0.2, 0) is 0 Å². The highest BCUT2D eigenvalue weighted by Gasteiger charge is 1.95. The molecule has 0 aliphatic carbocycles. The van der Waals surface area contributed by atoms with Crippen LogP contribution in [0.2, 0.25) is 0 Å². The zero-order valence-electron chi connectivity index (χ0n) is 8.38. The van der Waals surface area contributed by atoms with Crippen molar-refractivity contribution in [3.8, 4) is 0 Å². The van der Waals surface area contributed by atoms with Gasteiger partial charge in [0, 0.05) is 4.47 Å². The first-order valence-corrected chi connectivity index (χ1v) is 6.02. The zero-order chi connectivity index (χ0) is 10.6. The van der Waals surface area contributed by atoms with Crippen LogP contribution in [0.1, 0.15) is 19.4 Å². The smallest absolute Gasteiger partial charge is 0.0175 e. The van der Waals surface area contributed by atoms with Gasteiger partial charge >= 0.3 is 0 Å². The summed E-state index contributed by atoms with van der Waals surface area (Å²) in [6.07, 6.45) is 0. The molecule has 0 radical (unpaired) electrons. The van der Waals surface area contributed by atoms with Crippen molar-refractivity contribution in [3.05, 3.63) is 51.2 Å². The Kier molecular flexibility index (Phi) is 4.49. The summed E-state index contributed by atoms with van der Waals surface area (Å²) in [5.41, 5.74) is 2.52. The van der Waals surface area contributed by atoms with E-state index in [1.54, 1.807) is 11.8 Å². The van der Waals surface area contributed by atoms with Crippen molar-refractivity contribution < 1.29 is 0 Å². The van der Waals surface area contributed by atoms with Gasteiger partial charge in [0.25, 0.3) is 0 Å². The van der Waals surface area contributed by atoms with Crippen LogP contribution in [0, 0.1) is 0 Å². The van der Waals surface area contributed by atoms with E-state index in [4.69, 9.17) is 0 Å². The Bertz CT molecular complexity index is 349. The van der Waals surface area contributed by atoms with Crippen molar-refractivity contribution in [2.45, 2.75) is 13.8 Å². The van der Waals surface area contributed by atoms with Gasteiger partial charge in [-0.15, -0.1) is 11.8 Å². The summed E-state index contributed by atoms with van der Waals surface area (Å²) in [6.45, 7) is 7.97. The number of benzene rings is 1. The Morgan fingerprint density at radius 3 is 2.36 bits per heavy atom. The Labute approximate surface area is 98.2 Å². The van der Waals surface area contributed by atoms with Crippen LogP contribution in [0.3, 0.4) is 0 Å². The molecule has 0 aromatic heterocycles. The third-order valence-corrected chi connectivity index (χ3v) is 3.14. The minimum absolute atomic E-state index is 1.11. The highest BCUT2D eigenvalue weighted by molar-refractivity contribution is 9.10. The molecule has 0 saturated carbocycles. The predicted octanol–water partition coefficient (Wildman–Crippen LogP) is 5.08. The normalized spacial score (nSPS) is 11.5. The lowest BCUT2D eigenvalue weighted by molar-refractivity contribution is 1.55. The molecule has 0 bridgehead atoms. The molecule has 0 aliphatic heterocycles. The van der Waals surface area contributed by atoms with E-state index < -0.39 is 0 Å². The first kappa shape index (κ1) is 11.6. The fraction of sp³-hybridized carbons (Fsp3) is 0.167. The molecule has 2 heteroatoms. The lowest BCUT2D eigenvalue weighted by atomic mass is 10.1. The summed E-state index contributed by atoms with van der Waals surface area (Å²) in [4.78, 5) is 1.11. The first-order chi connectivity index (χ1) is 6.59. The van der Waals surface area contributed by atoms with Crippen LogP contribution in [0.5, 0.6) is 0 Å². The molecule has 0 spiro atoms. The quantitative estimate of drug-likeness (QED) is 0.737. The van der Waals surface area contributed by atoms with E-state index in [1.807, 2.05) is 6.92 Å². The van der Waals surface area contributed by atoms with Gasteiger partial charge < -0.3 is 0 Å². The van der Waals surface area contributed by atoms with Crippen LogP contribution in [0.15, 0.2) is 45.6 Å². The summed E-state index contributed by atoms with van der Waals surface area (Å²) >= 11 is 5.09. The summed E-state index contributed by atoms with van der Waals surface area (Å²) in [7, 11) is 0. The van der Waals surface area contributed by atoms with Crippen molar-refractivity contribution >= 4 is 33.3 Å². The van der Waals surface area contributed by atoms with Crippen molar-refractivity contribution in [2.75, 3.05) is 0 Å². The van der Waals surface area contributed by atoms with Gasteiger partial charge in [0.2, 0.25) is 0 Å². The maximum absolute atomic E-state index is 3.85. The molecule has 0 saturated heterocycles. The topological polar surface area (TPSA) is 0 Å². The zero-order valence-corrected chi connectivity index (χ0v) is 10.8. The SMILES string of the molecule is C=C(C)S/C=C(\C)c1ccc(Br)cc1. The minimum atomic E-state index is 1.11. The molecule has 0 heterocycles. The van der Waals surface area contributed by atoms with Crippen LogP contribution in [0.25, 0.3) is 5.57 Å². The average molecular weight is 269 g/mol. The van der Waals surface area contributed by atoms with E-state index in [9.17, 15) is 0 Å². The maximum Gasteiger partial charge on any atom is 0.0175 e. The molecular weight excluding hydrogens is 256 g/mol. The molecule has 0 nitrogen and oxygen atoms in total. The van der Waals surface area contributed by atoms with Crippen LogP contribution in [-0.4, -0.2) is 0 Å². The Hall–Kier alpha value is -0.470. The standard InChI is InChI=1S/C12H13BrS/c1-9(2)14-8-10(3)11-4-6-12(13)7-5-11/h4-8H,1H2,2-3H3/b10-8+. The van der Waals surface area contributed by atoms with Gasteiger partial charge in [-0.25, -0.2) is 0 Å². The molecular formula is C12H13BrS. The number of halogens is 1. The van der Waals surface area contributed by atoms with Gasteiger partial charge in [0.15, 0.2) is 0 Å². The van der Waals surface area contributed by atoms with E-state index in [0.717, 1.165) is 9.38 Å². The van der Waals surface area contributed by atoms with Crippen molar-refractivity contribution in [1.82, 2.24) is 0 Å². The molecule has 14 heavy (non-hydrogen) atoms. The van der Waals surface area contributed by atoms with E-state index in [2.05, 4.69) is 59.1 Å². The monoisotopic (exact) mass is 268 g/mol. The lowest BCUT2D eigenvalue weighted by Gasteiger charge is -2.01. The summed E-state index contributed by atoms with van der Waals surface area (Å²) in [5.74, 6) is 0. The summed E-state index contributed by atoms with van der Waals surface area (Å²) in [6, 6.07) is 8.32. The molecule has 1 rings (SSSR count). The van der Waals surface area contributed by atoms with Crippen LogP contribution in [0.4, 0.5) is 0 Å². The van der Waals surface area contributed by atoms with E-state index >= 15 is 0 Å². The molecule has 0 amide bonds. The number of hydrogen-bond acceptors (Lipinski definition) is 1. The largest absolute Gasteiger partial charge is 0.103 e. The third-order valence-electron chi connectivity index (χ3n) is 1.74. The Balaban J connectivity index is 2.78. The highest BCUT2D eigenvalue weighted by atomic mass is 79.9. The fourth-order valence-corrected chi connectivity index (χ4v) is 1.75. The van der Waals surface area contributed by atoms with Gasteiger partial charge in [-0.3, -0.25) is 0 Å². The molecule has 0 N–H and O–H groups in total. The second-order valence-electron chi connectivity index (χ2n) is 3.13. The van der Waals surface area contributed by atoms with Gasteiger partial charge in [-0.2, -0.15) is 0 Å². The second-order valence-corrected chi connectivity index (χ2v) is 5.21. The molecule has 1 aromatic rings. The minimum Gasteiger partial charge on any atom is -0.103 e. The number of allylic oxidation sites excluding steroid dienone is 2. The summed E-state index contributed by atoms with van der Waals surface area (Å²) in [5, 5.41) is 2.13. The number of rotatable bonds is 3. The van der Waals surface area contributed by atoms with Gasteiger partial charge in [-0.1, -0.05) is 34.6 Å². The molecule has 74 valence electrons. The van der Waals surface area contributed by atoms with Crippen LogP contribution < -0.4 is 0 Å². The number of thioether (sulfide) groups is 1. The van der Waals surface area contributed by atoms with Crippen molar-refractivity contribution in [2.24, 2.45) is 0 Å².